The van der Waals surface area contributed by atoms with Gasteiger partial charge in [-0.2, -0.15) is 0 Å². The number of ether oxygens (including phenoxy) is 1. The highest BCUT2D eigenvalue weighted by atomic mass is 35.5. The average molecular weight is 448 g/mol. The molecule has 3 rings (SSSR count). The highest BCUT2D eigenvalue weighted by molar-refractivity contribution is 5.85. The molecule has 0 bridgehead atoms. The van der Waals surface area contributed by atoms with Crippen molar-refractivity contribution >= 4 is 30.8 Å². The molecule has 1 aliphatic heterocycles. The maximum absolute atomic E-state index is 11.4. The van der Waals surface area contributed by atoms with Crippen LogP contribution >= 0.6 is 24.8 Å². The zero-order chi connectivity index (χ0) is 19.8. The monoisotopic (exact) mass is 447 g/mol. The second-order valence-corrected chi connectivity index (χ2v) is 6.77. The Labute approximate surface area is 184 Å². The number of cyclic esters (lactones) is 1. The van der Waals surface area contributed by atoms with Gasteiger partial charge in [-0.15, -0.1) is 24.8 Å². The van der Waals surface area contributed by atoms with Crippen molar-refractivity contribution < 1.29 is 19.7 Å². The molecule has 9 heteroatoms. The molecule has 1 aromatic carbocycles. The number of halogens is 2. The van der Waals surface area contributed by atoms with Gasteiger partial charge in [0, 0.05) is 31.4 Å². The zero-order valence-corrected chi connectivity index (χ0v) is 18.6. The number of carbonyl (C=O) groups excluding carboxylic acids is 1. The summed E-state index contributed by atoms with van der Waals surface area (Å²) in [6.07, 6.45) is 4.83. The number of phenols is 1. The number of hydrogen-bond acceptors (Lipinski definition) is 6. The number of carbonyl (C=O) groups is 1. The van der Waals surface area contributed by atoms with Crippen LogP contribution in [0.15, 0.2) is 36.8 Å². The summed E-state index contributed by atoms with van der Waals surface area (Å²) in [6, 6.07) is 6.63. The largest absolute Gasteiger partial charge is 0.508 e. The molecule has 164 valence electrons. The number of phenolic OH excluding ortho intramolecular Hbond substituents is 1. The van der Waals surface area contributed by atoms with E-state index >= 15 is 0 Å². The van der Waals surface area contributed by atoms with Crippen molar-refractivity contribution in [3.63, 3.8) is 0 Å². The van der Waals surface area contributed by atoms with Gasteiger partial charge < -0.3 is 24.8 Å². The molecule has 1 saturated heterocycles. The van der Waals surface area contributed by atoms with Crippen molar-refractivity contribution in [2.75, 3.05) is 20.2 Å². The first kappa shape index (κ1) is 27.2. The fourth-order valence-electron chi connectivity index (χ4n) is 3.20. The first-order chi connectivity index (χ1) is 13.0. The number of esters is 1. The lowest BCUT2D eigenvalue weighted by Gasteiger charge is -2.12. The molecule has 0 saturated carbocycles. The van der Waals surface area contributed by atoms with Gasteiger partial charge in [0.05, 0.1) is 25.0 Å². The van der Waals surface area contributed by atoms with Crippen LogP contribution < -0.4 is 5.32 Å². The van der Waals surface area contributed by atoms with Crippen molar-refractivity contribution in [2.24, 2.45) is 18.9 Å². The number of hydrogen-bond donors (Lipinski definition) is 3. The molecule has 3 N–H and O–H groups in total. The van der Waals surface area contributed by atoms with Gasteiger partial charge in [0.2, 0.25) is 0 Å². The van der Waals surface area contributed by atoms with Crippen molar-refractivity contribution in [3.05, 3.63) is 48.0 Å². The second-order valence-electron chi connectivity index (χ2n) is 6.77. The molecule has 3 atom stereocenters. The summed E-state index contributed by atoms with van der Waals surface area (Å²) in [5.74, 6) is 0.533. The quantitative estimate of drug-likeness (QED) is 0.588. The Bertz CT molecular complexity index is 742. The highest BCUT2D eigenvalue weighted by Crippen LogP contribution is 2.28. The molecule has 3 unspecified atom stereocenters. The highest BCUT2D eigenvalue weighted by Gasteiger charge is 2.35. The molecule has 0 aliphatic carbocycles. The van der Waals surface area contributed by atoms with Crippen molar-refractivity contribution in [1.82, 2.24) is 14.9 Å². The number of rotatable bonds is 6. The fourth-order valence-corrected chi connectivity index (χ4v) is 3.20. The summed E-state index contributed by atoms with van der Waals surface area (Å²) in [7, 11) is 3.74. The van der Waals surface area contributed by atoms with Gasteiger partial charge in [0.1, 0.15) is 5.75 Å². The predicted molar refractivity (Wildman–Crippen MR) is 117 cm³/mol. The Hall–Kier alpha value is -1.80. The van der Waals surface area contributed by atoms with E-state index in [9.17, 15) is 9.90 Å². The van der Waals surface area contributed by atoms with Crippen molar-refractivity contribution in [2.45, 2.75) is 25.9 Å². The summed E-state index contributed by atoms with van der Waals surface area (Å²) in [4.78, 5) is 15.5. The van der Waals surface area contributed by atoms with Crippen LogP contribution in [0.1, 0.15) is 30.7 Å². The molecule has 1 aliphatic rings. The summed E-state index contributed by atoms with van der Waals surface area (Å²) >= 11 is 0. The maximum atomic E-state index is 11.4. The van der Waals surface area contributed by atoms with Crippen LogP contribution in [0.5, 0.6) is 5.75 Å². The number of nitrogens with zero attached hydrogens (tertiary/aromatic N) is 2. The van der Waals surface area contributed by atoms with Gasteiger partial charge in [-0.05, 0) is 37.6 Å². The van der Waals surface area contributed by atoms with Crippen molar-refractivity contribution in [1.29, 1.82) is 0 Å². The molecular formula is C20H31Cl2N3O4. The van der Waals surface area contributed by atoms with Gasteiger partial charge in [0.25, 0.3) is 0 Å². The Morgan fingerprint density at radius 3 is 2.66 bits per heavy atom. The summed E-state index contributed by atoms with van der Waals surface area (Å²) in [5, 5.41) is 21.4. The van der Waals surface area contributed by atoms with Crippen LogP contribution in [0.25, 0.3) is 0 Å². The van der Waals surface area contributed by atoms with Gasteiger partial charge in [0.15, 0.2) is 0 Å². The third kappa shape index (κ3) is 7.85. The van der Waals surface area contributed by atoms with E-state index in [-0.39, 0.29) is 42.5 Å². The molecule has 2 heterocycles. The van der Waals surface area contributed by atoms with Crippen LogP contribution in [-0.2, 0) is 23.0 Å². The van der Waals surface area contributed by atoms with Gasteiger partial charge in [-0.1, -0.05) is 19.1 Å². The third-order valence-corrected chi connectivity index (χ3v) is 4.79. The van der Waals surface area contributed by atoms with E-state index in [2.05, 4.69) is 10.3 Å². The Morgan fingerprint density at radius 1 is 1.38 bits per heavy atom. The molecule has 1 fully saturated rings. The van der Waals surface area contributed by atoms with Crippen LogP contribution in [-0.4, -0.2) is 45.9 Å². The minimum atomic E-state index is -0.554. The van der Waals surface area contributed by atoms with Crippen LogP contribution in [0.2, 0.25) is 0 Å². The van der Waals surface area contributed by atoms with Crippen LogP contribution in [0.3, 0.4) is 0 Å². The van der Waals surface area contributed by atoms with Gasteiger partial charge >= 0.3 is 5.97 Å². The number of nitrogens with one attached hydrogen (secondary N) is 1. The smallest absolute Gasteiger partial charge is 0.309 e. The lowest BCUT2D eigenvalue weighted by Crippen LogP contribution is -2.18. The topological polar surface area (TPSA) is 96.6 Å². The second kappa shape index (κ2) is 13.4. The Balaban J connectivity index is 0.000000518. The number of benzene rings is 1. The van der Waals surface area contributed by atoms with Crippen LogP contribution in [0, 0.1) is 11.8 Å². The minimum Gasteiger partial charge on any atom is -0.508 e. The summed E-state index contributed by atoms with van der Waals surface area (Å²) < 4.78 is 7.08. The van der Waals surface area contributed by atoms with E-state index in [1.54, 1.807) is 37.6 Å². The molecule has 0 amide bonds. The molecule has 0 spiro atoms. The Morgan fingerprint density at radius 2 is 2.10 bits per heavy atom. The molecular weight excluding hydrogens is 417 g/mol. The SMILES string of the molecule is CCC1C(=O)OCC1Cc1cncn1C.CNCC(O)c1cccc(O)c1.Cl.Cl. The molecule has 0 radical (unpaired) electrons. The number of aryl methyl sites for hydroxylation is 1. The first-order valence-corrected chi connectivity index (χ1v) is 9.19. The van der Waals surface area contributed by atoms with E-state index in [4.69, 9.17) is 9.84 Å². The average Bonchev–Trinajstić information content (AvgIpc) is 3.21. The summed E-state index contributed by atoms with van der Waals surface area (Å²) in [5.41, 5.74) is 1.89. The molecule has 29 heavy (non-hydrogen) atoms. The van der Waals surface area contributed by atoms with E-state index < -0.39 is 6.10 Å². The number of aliphatic hydroxyl groups is 1. The fraction of sp³-hybridized carbons (Fsp3) is 0.500. The van der Waals surface area contributed by atoms with Crippen LogP contribution in [0.4, 0.5) is 0 Å². The minimum absolute atomic E-state index is 0. The first-order valence-electron chi connectivity index (χ1n) is 9.19. The standard InChI is InChI=1S/C11H16N2O2.C9H13NO2.2ClH/c1-3-10-8(6-15-11(10)14)4-9-5-12-7-13(9)2;1-10-6-9(12)7-3-2-4-8(11)5-7;;/h5,7-8,10H,3-4,6H2,1-2H3;2-5,9-12H,6H2,1H3;2*1H. The summed E-state index contributed by atoms with van der Waals surface area (Å²) in [6.45, 7) is 3.08. The zero-order valence-electron chi connectivity index (χ0n) is 16.9. The number of likely N-dealkylation sites (N-methyl/N-ethyl adjacent to an activating group) is 1. The van der Waals surface area contributed by atoms with Crippen molar-refractivity contribution in [3.8, 4) is 5.75 Å². The van der Waals surface area contributed by atoms with E-state index in [1.165, 1.54) is 0 Å². The third-order valence-electron chi connectivity index (χ3n) is 4.79. The van der Waals surface area contributed by atoms with Gasteiger partial charge in [-0.25, -0.2) is 4.98 Å². The Kier molecular flexibility index (Phi) is 12.6. The van der Waals surface area contributed by atoms with Gasteiger partial charge in [-0.3, -0.25) is 4.79 Å². The molecule has 2 aromatic rings. The normalized spacial score (nSPS) is 18.6. The number of aliphatic hydroxyl groups excluding tert-OH is 1. The number of aromatic nitrogens is 2. The van der Waals surface area contributed by atoms with E-state index in [0.717, 1.165) is 24.1 Å². The predicted octanol–water partition coefficient (Wildman–Crippen LogP) is 2.65. The lowest BCUT2D eigenvalue weighted by molar-refractivity contribution is -0.141. The molecule has 1 aromatic heterocycles. The number of aromatic hydroxyl groups is 1. The maximum Gasteiger partial charge on any atom is 0.309 e. The van der Waals surface area contributed by atoms with E-state index in [0.29, 0.717) is 19.1 Å². The molecule has 7 nitrogen and oxygen atoms in total. The van der Waals surface area contributed by atoms with E-state index in [1.807, 2.05) is 24.7 Å². The lowest BCUT2D eigenvalue weighted by atomic mass is 9.89. The number of imidazole rings is 1.